The minimum Gasteiger partial charge on any atom is -0.465 e. The first-order valence-electron chi connectivity index (χ1n) is 8.05. The topological polar surface area (TPSA) is 92.9 Å². The molecule has 1 amide bonds. The second-order valence-electron chi connectivity index (χ2n) is 5.71. The number of hydrogen-bond donors (Lipinski definition) is 1. The largest absolute Gasteiger partial charge is 0.465 e. The highest BCUT2D eigenvalue weighted by Gasteiger charge is 2.22. The van der Waals surface area contributed by atoms with Crippen molar-refractivity contribution in [1.82, 2.24) is 0 Å². The van der Waals surface area contributed by atoms with E-state index in [1.54, 1.807) is 6.07 Å². The van der Waals surface area contributed by atoms with Gasteiger partial charge in [0.25, 0.3) is 5.69 Å². The lowest BCUT2D eigenvalue weighted by atomic mass is 10.0. The van der Waals surface area contributed by atoms with Crippen molar-refractivity contribution in [3.63, 3.8) is 0 Å². The Labute approximate surface area is 155 Å². The lowest BCUT2D eigenvalue weighted by Crippen LogP contribution is -2.24. The van der Waals surface area contributed by atoms with Crippen LogP contribution in [0.15, 0.2) is 72.8 Å². The van der Waals surface area contributed by atoms with E-state index in [0.29, 0.717) is 11.5 Å². The summed E-state index contributed by atoms with van der Waals surface area (Å²) in [6, 6.07) is 21.0. The van der Waals surface area contributed by atoms with E-state index >= 15 is 0 Å². The van der Waals surface area contributed by atoms with E-state index in [4.69, 9.17) is 4.74 Å². The first-order valence-corrected chi connectivity index (χ1v) is 8.05. The summed E-state index contributed by atoms with van der Waals surface area (Å²) >= 11 is 0. The Morgan fingerprint density at radius 1 is 1.04 bits per heavy atom. The minimum absolute atomic E-state index is 0.0674. The summed E-state index contributed by atoms with van der Waals surface area (Å²) in [6.07, 6.45) is -1.31. The highest BCUT2D eigenvalue weighted by atomic mass is 16.6. The van der Waals surface area contributed by atoms with Crippen molar-refractivity contribution in [3.8, 4) is 22.6 Å². The van der Waals surface area contributed by atoms with Gasteiger partial charge in [0.1, 0.15) is 17.2 Å². The Kier molecular flexibility index (Phi) is 5.03. The minimum atomic E-state index is -1.31. The smallest absolute Gasteiger partial charge is 0.411 e. The van der Waals surface area contributed by atoms with Crippen LogP contribution in [-0.4, -0.2) is 23.2 Å². The van der Waals surface area contributed by atoms with Gasteiger partial charge in [0.05, 0.1) is 4.92 Å². The van der Waals surface area contributed by atoms with Gasteiger partial charge >= 0.3 is 6.09 Å². The number of carbonyl (C=O) groups is 1. The SMILES string of the molecule is CN(C(=O)O)c1cc(Oc2ccccc2-c2ccccc2)ccc1[N+](=O)[O-]. The molecule has 0 spiro atoms. The number of hydrogen-bond acceptors (Lipinski definition) is 4. The molecule has 0 unspecified atom stereocenters. The molecule has 3 aromatic rings. The highest BCUT2D eigenvalue weighted by molar-refractivity contribution is 5.89. The molecule has 1 N–H and O–H groups in total. The molecule has 27 heavy (non-hydrogen) atoms. The number of para-hydroxylation sites is 1. The molecule has 0 fully saturated rings. The number of amides is 1. The van der Waals surface area contributed by atoms with Gasteiger partial charge in [-0.25, -0.2) is 4.79 Å². The lowest BCUT2D eigenvalue weighted by molar-refractivity contribution is -0.384. The first-order chi connectivity index (χ1) is 13.0. The van der Waals surface area contributed by atoms with E-state index in [0.717, 1.165) is 16.0 Å². The molecule has 3 rings (SSSR count). The van der Waals surface area contributed by atoms with Crippen molar-refractivity contribution in [1.29, 1.82) is 0 Å². The zero-order chi connectivity index (χ0) is 19.4. The van der Waals surface area contributed by atoms with E-state index in [2.05, 4.69) is 0 Å². The number of nitro groups is 1. The average molecular weight is 364 g/mol. The second kappa shape index (κ2) is 7.57. The van der Waals surface area contributed by atoms with Gasteiger partial charge in [-0.3, -0.25) is 15.0 Å². The number of carboxylic acid groups (broad SMARTS) is 1. The Bertz CT molecular complexity index is 989. The molecule has 0 aliphatic rings. The van der Waals surface area contributed by atoms with Crippen molar-refractivity contribution in [2.45, 2.75) is 0 Å². The van der Waals surface area contributed by atoms with Crippen molar-refractivity contribution < 1.29 is 19.6 Å². The summed E-state index contributed by atoms with van der Waals surface area (Å²) in [7, 11) is 1.24. The number of anilines is 1. The predicted octanol–water partition coefficient (Wildman–Crippen LogP) is 5.17. The summed E-state index contributed by atoms with van der Waals surface area (Å²) in [6.45, 7) is 0. The van der Waals surface area contributed by atoms with Crippen LogP contribution in [0.25, 0.3) is 11.1 Å². The maximum atomic E-state index is 11.2. The van der Waals surface area contributed by atoms with Crippen LogP contribution in [0, 0.1) is 10.1 Å². The molecule has 0 radical (unpaired) electrons. The summed E-state index contributed by atoms with van der Waals surface area (Å²) in [5, 5.41) is 20.4. The molecule has 0 aliphatic heterocycles. The molecule has 3 aromatic carbocycles. The fourth-order valence-electron chi connectivity index (χ4n) is 2.63. The van der Waals surface area contributed by atoms with Crippen LogP contribution in [-0.2, 0) is 0 Å². The van der Waals surface area contributed by atoms with E-state index in [1.807, 2.05) is 48.5 Å². The summed E-state index contributed by atoms with van der Waals surface area (Å²) in [5.41, 5.74) is 1.42. The molecule has 7 nitrogen and oxygen atoms in total. The van der Waals surface area contributed by atoms with Crippen LogP contribution in [0.5, 0.6) is 11.5 Å². The van der Waals surface area contributed by atoms with Crippen LogP contribution in [0.3, 0.4) is 0 Å². The van der Waals surface area contributed by atoms with E-state index in [-0.39, 0.29) is 11.4 Å². The van der Waals surface area contributed by atoms with Gasteiger partial charge in [-0.05, 0) is 17.7 Å². The maximum Gasteiger partial charge on any atom is 0.411 e. The third-order valence-corrected chi connectivity index (χ3v) is 3.99. The molecular weight excluding hydrogens is 348 g/mol. The predicted molar refractivity (Wildman–Crippen MR) is 101 cm³/mol. The molecule has 0 saturated carbocycles. The summed E-state index contributed by atoms with van der Waals surface area (Å²) in [5.74, 6) is 0.855. The van der Waals surface area contributed by atoms with Gasteiger partial charge in [-0.15, -0.1) is 0 Å². The molecule has 0 saturated heterocycles. The average Bonchev–Trinajstić information content (AvgIpc) is 2.68. The van der Waals surface area contributed by atoms with Crippen LogP contribution >= 0.6 is 0 Å². The number of benzene rings is 3. The zero-order valence-electron chi connectivity index (χ0n) is 14.4. The Balaban J connectivity index is 2.01. The molecular formula is C20H16N2O5. The molecule has 7 heteroatoms. The van der Waals surface area contributed by atoms with Crippen molar-refractivity contribution >= 4 is 17.5 Å². The number of ether oxygens (including phenoxy) is 1. The number of rotatable bonds is 5. The Morgan fingerprint density at radius 2 is 1.70 bits per heavy atom. The fourth-order valence-corrected chi connectivity index (χ4v) is 2.63. The third kappa shape index (κ3) is 3.87. The van der Waals surface area contributed by atoms with Crippen molar-refractivity contribution in [2.75, 3.05) is 11.9 Å². The summed E-state index contributed by atoms with van der Waals surface area (Å²) < 4.78 is 5.93. The monoisotopic (exact) mass is 364 g/mol. The van der Waals surface area contributed by atoms with Gasteiger partial charge in [0.15, 0.2) is 0 Å². The van der Waals surface area contributed by atoms with Crippen LogP contribution in [0.4, 0.5) is 16.2 Å². The van der Waals surface area contributed by atoms with Gasteiger partial charge in [0.2, 0.25) is 0 Å². The van der Waals surface area contributed by atoms with Crippen molar-refractivity contribution in [2.24, 2.45) is 0 Å². The van der Waals surface area contributed by atoms with Gasteiger partial charge in [-0.2, -0.15) is 0 Å². The standard InChI is InChI=1S/C20H16N2O5/c1-21(20(23)24)18-13-15(11-12-17(18)22(25)26)27-19-10-6-5-9-16(19)14-7-3-2-4-8-14/h2-13H,1H3,(H,23,24). The lowest BCUT2D eigenvalue weighted by Gasteiger charge is -2.16. The number of nitrogens with zero attached hydrogens (tertiary/aromatic N) is 2. The summed E-state index contributed by atoms with van der Waals surface area (Å²) in [4.78, 5) is 22.6. The molecule has 0 aromatic heterocycles. The van der Waals surface area contributed by atoms with Crippen LogP contribution in [0.1, 0.15) is 0 Å². The Morgan fingerprint density at radius 3 is 2.37 bits per heavy atom. The third-order valence-electron chi connectivity index (χ3n) is 3.99. The molecule has 136 valence electrons. The van der Waals surface area contributed by atoms with Gasteiger partial charge < -0.3 is 9.84 Å². The molecule has 0 aliphatic carbocycles. The quantitative estimate of drug-likeness (QED) is 0.498. The molecule has 0 bridgehead atoms. The molecule has 0 atom stereocenters. The normalized spacial score (nSPS) is 10.3. The van der Waals surface area contributed by atoms with Gasteiger partial charge in [-0.1, -0.05) is 48.5 Å². The van der Waals surface area contributed by atoms with Gasteiger partial charge in [0, 0.05) is 24.7 Å². The van der Waals surface area contributed by atoms with Crippen LogP contribution < -0.4 is 9.64 Å². The fraction of sp³-hybridized carbons (Fsp3) is 0.0500. The van der Waals surface area contributed by atoms with E-state index < -0.39 is 11.0 Å². The molecule has 0 heterocycles. The zero-order valence-corrected chi connectivity index (χ0v) is 14.4. The first kappa shape index (κ1) is 17.9. The van der Waals surface area contributed by atoms with E-state index in [9.17, 15) is 20.0 Å². The van der Waals surface area contributed by atoms with Crippen molar-refractivity contribution in [3.05, 3.63) is 82.9 Å². The van der Waals surface area contributed by atoms with Crippen LogP contribution in [0.2, 0.25) is 0 Å². The maximum absolute atomic E-state index is 11.2. The Hall–Kier alpha value is -3.87. The highest BCUT2D eigenvalue weighted by Crippen LogP contribution is 2.37. The number of nitro benzene ring substituents is 1. The van der Waals surface area contributed by atoms with E-state index in [1.165, 1.54) is 25.2 Å². The second-order valence-corrected chi connectivity index (χ2v) is 5.71.